The molecule has 1 aromatic heterocycles. The van der Waals surface area contributed by atoms with Crippen LogP contribution >= 0.6 is 12.4 Å². The van der Waals surface area contributed by atoms with Crippen molar-refractivity contribution in [1.29, 1.82) is 0 Å². The molecule has 0 atom stereocenters. The molecule has 3 N–H and O–H groups in total. The fourth-order valence-corrected chi connectivity index (χ4v) is 4.14. The van der Waals surface area contributed by atoms with Crippen LogP contribution in [0.4, 0.5) is 38.1 Å². The molecule has 1 aromatic carbocycles. The number of halogens is 7. The van der Waals surface area contributed by atoms with E-state index < -0.39 is 29.4 Å². The number of hydrogen-bond acceptors (Lipinski definition) is 6. The number of nitrogens with zero attached hydrogens (tertiary/aromatic N) is 3. The Labute approximate surface area is 216 Å². The first-order valence-corrected chi connectivity index (χ1v) is 11.2. The Morgan fingerprint density at radius 3 is 1.97 bits per heavy atom. The molecule has 0 radical (unpaired) electrons. The topological polar surface area (TPSA) is 90.4 Å². The molecule has 1 amide bonds. The van der Waals surface area contributed by atoms with Crippen molar-refractivity contribution < 1.29 is 36.2 Å². The SMILES string of the molecule is Cc1cnc(NC2CCC(NC(=O)c3ccc(C(O)(C(F)(F)F)C(F)(F)F)cc3)CC2)nc1N(C)C.Cl. The van der Waals surface area contributed by atoms with Crippen LogP contribution in [-0.2, 0) is 5.60 Å². The number of aromatic nitrogens is 2. The molecule has 37 heavy (non-hydrogen) atoms. The smallest absolute Gasteiger partial charge is 0.369 e. The number of alkyl halides is 6. The maximum absolute atomic E-state index is 13.0. The number of amides is 1. The van der Waals surface area contributed by atoms with E-state index in [0.717, 1.165) is 23.5 Å². The van der Waals surface area contributed by atoms with E-state index in [4.69, 9.17) is 0 Å². The van der Waals surface area contributed by atoms with Gasteiger partial charge < -0.3 is 20.6 Å². The number of aliphatic hydroxyl groups is 1. The lowest BCUT2D eigenvalue weighted by molar-refractivity contribution is -0.376. The Balaban J connectivity index is 0.00000481. The van der Waals surface area contributed by atoms with E-state index in [1.165, 1.54) is 0 Å². The van der Waals surface area contributed by atoms with Gasteiger partial charge in [0.2, 0.25) is 5.95 Å². The second-order valence-electron chi connectivity index (χ2n) is 9.04. The summed E-state index contributed by atoms with van der Waals surface area (Å²) in [6.07, 6.45) is -7.64. The van der Waals surface area contributed by atoms with E-state index in [1.807, 2.05) is 25.9 Å². The first kappa shape index (κ1) is 30.4. The van der Waals surface area contributed by atoms with Crippen LogP contribution in [0.5, 0.6) is 0 Å². The van der Waals surface area contributed by atoms with Gasteiger partial charge in [0.1, 0.15) is 5.82 Å². The van der Waals surface area contributed by atoms with Crippen LogP contribution in [0, 0.1) is 6.92 Å². The lowest BCUT2D eigenvalue weighted by atomic mass is 9.90. The molecule has 1 aliphatic carbocycles. The number of benzene rings is 1. The van der Waals surface area contributed by atoms with Gasteiger partial charge in [0.25, 0.3) is 11.5 Å². The van der Waals surface area contributed by atoms with E-state index in [1.54, 1.807) is 6.20 Å². The molecule has 206 valence electrons. The van der Waals surface area contributed by atoms with Crippen LogP contribution in [0.25, 0.3) is 0 Å². The molecule has 1 saturated carbocycles. The largest absolute Gasteiger partial charge is 0.430 e. The fourth-order valence-electron chi connectivity index (χ4n) is 4.14. The lowest BCUT2D eigenvalue weighted by Gasteiger charge is -2.32. The average Bonchev–Trinajstić information content (AvgIpc) is 2.79. The minimum atomic E-state index is -5.99. The molecule has 0 unspecified atom stereocenters. The Bertz CT molecular complexity index is 1060. The summed E-state index contributed by atoms with van der Waals surface area (Å²) < 4.78 is 78.2. The summed E-state index contributed by atoms with van der Waals surface area (Å²) in [5, 5.41) is 15.5. The fraction of sp³-hybridized carbons (Fsp3) is 0.522. The summed E-state index contributed by atoms with van der Waals surface area (Å²) in [5.74, 6) is 0.663. The first-order valence-electron chi connectivity index (χ1n) is 11.2. The zero-order valence-electron chi connectivity index (χ0n) is 20.2. The van der Waals surface area contributed by atoms with Gasteiger partial charge >= 0.3 is 12.4 Å². The number of rotatable bonds is 6. The van der Waals surface area contributed by atoms with Gasteiger partial charge in [-0.1, -0.05) is 12.1 Å². The van der Waals surface area contributed by atoms with Crippen molar-refractivity contribution in [1.82, 2.24) is 15.3 Å². The molecule has 7 nitrogen and oxygen atoms in total. The Morgan fingerprint density at radius 2 is 1.49 bits per heavy atom. The van der Waals surface area contributed by atoms with Crippen LogP contribution in [0.2, 0.25) is 0 Å². The summed E-state index contributed by atoms with van der Waals surface area (Å²) in [7, 11) is 3.76. The normalized spacial score (nSPS) is 18.5. The zero-order valence-corrected chi connectivity index (χ0v) is 21.1. The van der Waals surface area contributed by atoms with Gasteiger partial charge in [-0.3, -0.25) is 4.79 Å². The Hall–Kier alpha value is -2.80. The van der Waals surface area contributed by atoms with Crippen LogP contribution in [-0.4, -0.2) is 59.5 Å². The molecular formula is C23H28ClF6N5O2. The Kier molecular flexibility index (Phi) is 9.29. The second kappa shape index (κ2) is 11.3. The Morgan fingerprint density at radius 1 is 0.973 bits per heavy atom. The van der Waals surface area contributed by atoms with Crippen molar-refractivity contribution in [2.75, 3.05) is 24.3 Å². The van der Waals surface area contributed by atoms with Crippen molar-refractivity contribution in [3.63, 3.8) is 0 Å². The summed E-state index contributed by atoms with van der Waals surface area (Å²) >= 11 is 0. The standard InChI is InChI=1S/C23H27F6N5O2.ClH/c1-13-12-30-20(33-18(13)34(2)3)32-17-10-8-16(9-11-17)31-19(35)14-4-6-15(7-5-14)21(36,22(24,25)26)23(27,28)29;/h4-7,12,16-17,36H,8-11H2,1-3H3,(H,31,35)(H,30,32,33);1H. The van der Waals surface area contributed by atoms with Crippen molar-refractivity contribution in [3.8, 4) is 0 Å². The van der Waals surface area contributed by atoms with E-state index in [0.29, 0.717) is 43.8 Å². The molecule has 0 bridgehead atoms. The lowest BCUT2D eigenvalue weighted by Crippen LogP contribution is -2.53. The van der Waals surface area contributed by atoms with Gasteiger partial charge in [-0.2, -0.15) is 31.3 Å². The van der Waals surface area contributed by atoms with E-state index in [9.17, 15) is 36.2 Å². The van der Waals surface area contributed by atoms with Crippen molar-refractivity contribution in [3.05, 3.63) is 47.2 Å². The van der Waals surface area contributed by atoms with Crippen LogP contribution in [0.3, 0.4) is 0 Å². The number of hydrogen-bond donors (Lipinski definition) is 3. The zero-order chi connectivity index (χ0) is 26.9. The summed E-state index contributed by atoms with van der Waals surface area (Å²) in [4.78, 5) is 23.2. The van der Waals surface area contributed by atoms with Crippen molar-refractivity contribution >= 4 is 30.1 Å². The monoisotopic (exact) mass is 555 g/mol. The van der Waals surface area contributed by atoms with Gasteiger partial charge in [0, 0.05) is 49.1 Å². The highest BCUT2D eigenvalue weighted by Gasteiger charge is 2.71. The van der Waals surface area contributed by atoms with E-state index in [2.05, 4.69) is 20.6 Å². The molecule has 3 rings (SSSR count). The number of nitrogens with one attached hydrogen (secondary N) is 2. The molecule has 1 fully saturated rings. The molecule has 0 spiro atoms. The average molecular weight is 556 g/mol. The predicted molar refractivity (Wildman–Crippen MR) is 128 cm³/mol. The maximum Gasteiger partial charge on any atom is 0.430 e. The maximum atomic E-state index is 13.0. The summed E-state index contributed by atoms with van der Waals surface area (Å²) in [5.41, 5.74) is -5.63. The highest BCUT2D eigenvalue weighted by molar-refractivity contribution is 5.94. The quantitative estimate of drug-likeness (QED) is 0.446. The molecule has 14 heteroatoms. The first-order chi connectivity index (χ1) is 16.6. The highest BCUT2D eigenvalue weighted by Crippen LogP contribution is 2.49. The van der Waals surface area contributed by atoms with E-state index in [-0.39, 0.29) is 30.1 Å². The highest BCUT2D eigenvalue weighted by atomic mass is 35.5. The van der Waals surface area contributed by atoms with Gasteiger partial charge in [-0.25, -0.2) is 4.98 Å². The van der Waals surface area contributed by atoms with Gasteiger partial charge in [0.05, 0.1) is 0 Å². The van der Waals surface area contributed by atoms with Gasteiger partial charge in [-0.05, 0) is 44.7 Å². The number of aryl methyl sites for hydroxylation is 1. The number of carbonyl (C=O) groups excluding carboxylic acids is 1. The molecule has 0 saturated heterocycles. The third-order valence-electron chi connectivity index (χ3n) is 6.15. The van der Waals surface area contributed by atoms with Crippen LogP contribution < -0.4 is 15.5 Å². The minimum Gasteiger partial charge on any atom is -0.369 e. The molecule has 1 heterocycles. The second-order valence-corrected chi connectivity index (χ2v) is 9.04. The predicted octanol–water partition coefficient (Wildman–Crippen LogP) is 4.74. The van der Waals surface area contributed by atoms with Gasteiger partial charge in [0.15, 0.2) is 0 Å². The van der Waals surface area contributed by atoms with Crippen LogP contribution in [0.15, 0.2) is 30.5 Å². The van der Waals surface area contributed by atoms with Crippen molar-refractivity contribution in [2.45, 2.75) is 62.6 Å². The van der Waals surface area contributed by atoms with Crippen LogP contribution in [0.1, 0.15) is 47.2 Å². The number of carbonyl (C=O) groups is 1. The molecule has 2 aromatic rings. The van der Waals surface area contributed by atoms with E-state index >= 15 is 0 Å². The number of anilines is 2. The molecular weight excluding hydrogens is 528 g/mol. The molecule has 0 aliphatic heterocycles. The van der Waals surface area contributed by atoms with Gasteiger partial charge in [-0.15, -0.1) is 12.4 Å². The summed E-state index contributed by atoms with van der Waals surface area (Å²) in [6, 6.07) is 2.45. The third kappa shape index (κ3) is 6.56. The van der Waals surface area contributed by atoms with Crippen molar-refractivity contribution in [2.24, 2.45) is 0 Å². The third-order valence-corrected chi connectivity index (χ3v) is 6.15. The molecule has 1 aliphatic rings. The minimum absolute atomic E-state index is 0. The summed E-state index contributed by atoms with van der Waals surface area (Å²) in [6.45, 7) is 1.91.